The molecular formula is C25H32ClN5O2S. The van der Waals surface area contributed by atoms with Gasteiger partial charge in [0.2, 0.25) is 0 Å². The lowest BCUT2D eigenvalue weighted by molar-refractivity contribution is 0.220. The van der Waals surface area contributed by atoms with Gasteiger partial charge in [-0.2, -0.15) is 0 Å². The third kappa shape index (κ3) is 5.14. The number of aryl methyl sites for hydroxylation is 1. The Balaban J connectivity index is 1.71. The van der Waals surface area contributed by atoms with Gasteiger partial charge in [0.15, 0.2) is 5.82 Å². The van der Waals surface area contributed by atoms with Gasteiger partial charge in [-0.05, 0) is 81.2 Å². The van der Waals surface area contributed by atoms with E-state index in [0.717, 1.165) is 37.3 Å². The number of nitrogens with zero attached hydrogens (tertiary/aromatic N) is 4. The van der Waals surface area contributed by atoms with Crippen LogP contribution in [0.15, 0.2) is 47.4 Å². The van der Waals surface area contributed by atoms with Crippen LogP contribution < -0.4 is 4.72 Å². The summed E-state index contributed by atoms with van der Waals surface area (Å²) in [5.41, 5.74) is 2.04. The molecule has 2 heterocycles. The van der Waals surface area contributed by atoms with Crippen LogP contribution in [-0.4, -0.2) is 48.2 Å². The van der Waals surface area contributed by atoms with Crippen LogP contribution in [0.5, 0.6) is 0 Å². The van der Waals surface area contributed by atoms with Crippen molar-refractivity contribution < 1.29 is 8.42 Å². The Morgan fingerprint density at radius 3 is 2.29 bits per heavy atom. The molecule has 0 unspecified atom stereocenters. The van der Waals surface area contributed by atoms with Gasteiger partial charge in [0, 0.05) is 16.6 Å². The topological polar surface area (TPSA) is 80.1 Å². The molecule has 4 rings (SSSR count). The molecule has 7 nitrogen and oxygen atoms in total. The summed E-state index contributed by atoms with van der Waals surface area (Å²) >= 11 is 6.34. The van der Waals surface area contributed by atoms with E-state index in [1.807, 2.05) is 19.1 Å². The summed E-state index contributed by atoms with van der Waals surface area (Å²) in [7, 11) is -1.70. The van der Waals surface area contributed by atoms with Crippen LogP contribution in [0.25, 0.3) is 11.4 Å². The van der Waals surface area contributed by atoms with Gasteiger partial charge in [0.1, 0.15) is 5.82 Å². The summed E-state index contributed by atoms with van der Waals surface area (Å²) < 4.78 is 31.4. The molecule has 1 saturated heterocycles. The van der Waals surface area contributed by atoms with Crippen LogP contribution in [0.3, 0.4) is 0 Å². The fourth-order valence-electron chi connectivity index (χ4n) is 4.37. The molecule has 0 saturated carbocycles. The normalized spacial score (nSPS) is 16.1. The number of halogens is 1. The Kier molecular flexibility index (Phi) is 6.77. The van der Waals surface area contributed by atoms with Crippen LogP contribution in [0.2, 0.25) is 5.02 Å². The number of aromatic nitrogens is 3. The third-order valence-corrected chi connectivity index (χ3v) is 8.03. The minimum absolute atomic E-state index is 0.0606. The first-order valence-corrected chi connectivity index (χ1v) is 13.3. The Hall–Kier alpha value is -2.42. The number of piperidine rings is 1. The number of nitrogens with one attached hydrogen (secondary N) is 1. The SMILES string of the molecule is Cc1nnc(-c2cc(Cl)ccc2NS(=O)(=O)c2ccc(C(C)(C)C)cc2)n1C1CCN(C)CC1. The summed E-state index contributed by atoms with van der Waals surface area (Å²) in [6, 6.07) is 12.4. The van der Waals surface area contributed by atoms with Crippen molar-refractivity contribution in [3.8, 4) is 11.4 Å². The molecule has 34 heavy (non-hydrogen) atoms. The van der Waals surface area contributed by atoms with E-state index in [-0.39, 0.29) is 16.4 Å². The molecule has 182 valence electrons. The van der Waals surface area contributed by atoms with Crippen LogP contribution in [-0.2, 0) is 15.4 Å². The van der Waals surface area contributed by atoms with Gasteiger partial charge in [-0.1, -0.05) is 44.5 Å². The first kappa shape index (κ1) is 24.7. The van der Waals surface area contributed by atoms with Crippen LogP contribution in [0.1, 0.15) is 51.0 Å². The molecule has 0 spiro atoms. The molecule has 1 N–H and O–H groups in total. The number of benzene rings is 2. The number of rotatable bonds is 5. The minimum Gasteiger partial charge on any atom is -0.308 e. The Morgan fingerprint density at radius 1 is 1.03 bits per heavy atom. The maximum atomic E-state index is 13.3. The Bertz CT molecular complexity index is 1270. The van der Waals surface area contributed by atoms with Crippen molar-refractivity contribution in [3.05, 3.63) is 58.9 Å². The van der Waals surface area contributed by atoms with Crippen molar-refractivity contribution in [2.24, 2.45) is 0 Å². The predicted octanol–water partition coefficient (Wildman–Crippen LogP) is 5.27. The van der Waals surface area contributed by atoms with Crippen LogP contribution >= 0.6 is 11.6 Å². The van der Waals surface area contributed by atoms with Gasteiger partial charge in [-0.25, -0.2) is 8.42 Å². The zero-order valence-electron chi connectivity index (χ0n) is 20.3. The van der Waals surface area contributed by atoms with E-state index in [1.54, 1.807) is 30.3 Å². The lowest BCUT2D eigenvalue weighted by atomic mass is 9.87. The summed E-state index contributed by atoms with van der Waals surface area (Å²) in [5.74, 6) is 1.42. The number of likely N-dealkylation sites (tertiary alicyclic amines) is 1. The number of anilines is 1. The molecule has 3 aromatic rings. The first-order valence-electron chi connectivity index (χ1n) is 11.5. The van der Waals surface area contributed by atoms with Gasteiger partial charge in [0.05, 0.1) is 10.6 Å². The summed E-state index contributed by atoms with van der Waals surface area (Å²) in [6.45, 7) is 10.2. The van der Waals surface area contributed by atoms with Crippen molar-refractivity contribution in [1.29, 1.82) is 0 Å². The first-order chi connectivity index (χ1) is 16.0. The largest absolute Gasteiger partial charge is 0.308 e. The average molecular weight is 502 g/mol. The van der Waals surface area contributed by atoms with Gasteiger partial charge in [-0.15, -0.1) is 10.2 Å². The summed E-state index contributed by atoms with van der Waals surface area (Å²) in [4.78, 5) is 2.51. The molecule has 1 fully saturated rings. The highest BCUT2D eigenvalue weighted by atomic mass is 35.5. The second kappa shape index (κ2) is 9.32. The highest BCUT2D eigenvalue weighted by Gasteiger charge is 2.26. The highest BCUT2D eigenvalue weighted by molar-refractivity contribution is 7.92. The second-order valence-corrected chi connectivity index (χ2v) is 12.2. The second-order valence-electron chi connectivity index (χ2n) is 10.0. The van der Waals surface area contributed by atoms with E-state index >= 15 is 0 Å². The quantitative estimate of drug-likeness (QED) is 0.515. The van der Waals surface area contributed by atoms with E-state index < -0.39 is 10.0 Å². The molecule has 0 aliphatic carbocycles. The van der Waals surface area contributed by atoms with E-state index in [4.69, 9.17) is 11.6 Å². The van der Waals surface area contributed by atoms with E-state index in [9.17, 15) is 8.42 Å². The van der Waals surface area contributed by atoms with Crippen molar-refractivity contribution >= 4 is 27.3 Å². The lowest BCUT2D eigenvalue weighted by Crippen LogP contribution is -2.32. The van der Waals surface area contributed by atoms with Crippen molar-refractivity contribution in [2.75, 3.05) is 24.9 Å². The molecule has 2 aromatic carbocycles. The predicted molar refractivity (Wildman–Crippen MR) is 137 cm³/mol. The Morgan fingerprint density at radius 2 is 1.68 bits per heavy atom. The molecule has 0 atom stereocenters. The van der Waals surface area contributed by atoms with E-state index in [0.29, 0.717) is 22.1 Å². The molecule has 0 amide bonds. The number of hydrogen-bond donors (Lipinski definition) is 1. The average Bonchev–Trinajstić information content (AvgIpc) is 3.16. The molecule has 0 radical (unpaired) electrons. The molecule has 1 aliphatic heterocycles. The lowest BCUT2D eigenvalue weighted by Gasteiger charge is -2.31. The molecular weight excluding hydrogens is 470 g/mol. The fourth-order valence-corrected chi connectivity index (χ4v) is 5.62. The zero-order chi connectivity index (χ0) is 24.7. The van der Waals surface area contributed by atoms with E-state index in [2.05, 4.69) is 52.2 Å². The number of sulfonamides is 1. The van der Waals surface area contributed by atoms with Crippen molar-refractivity contribution in [2.45, 2.75) is 56.9 Å². The molecule has 1 aliphatic rings. The smallest absolute Gasteiger partial charge is 0.261 e. The number of hydrogen-bond acceptors (Lipinski definition) is 5. The van der Waals surface area contributed by atoms with Gasteiger partial charge in [0.25, 0.3) is 10.0 Å². The Labute approximate surface area is 207 Å². The van der Waals surface area contributed by atoms with Gasteiger partial charge >= 0.3 is 0 Å². The summed E-state index contributed by atoms with van der Waals surface area (Å²) in [6.07, 6.45) is 1.95. The third-order valence-electron chi connectivity index (χ3n) is 6.42. The molecule has 9 heteroatoms. The fraction of sp³-hybridized carbons (Fsp3) is 0.440. The van der Waals surface area contributed by atoms with Gasteiger partial charge in [-0.3, -0.25) is 4.72 Å². The zero-order valence-corrected chi connectivity index (χ0v) is 21.9. The standard InChI is InChI=1S/C25H32ClN5O2S/c1-17-27-28-24(31(17)20-12-14-30(5)15-13-20)22-16-19(26)8-11-23(22)29-34(32,33)21-9-6-18(7-10-21)25(2,3)4/h6-11,16,20,29H,12-15H2,1-5H3. The van der Waals surface area contributed by atoms with Crippen LogP contribution in [0, 0.1) is 6.92 Å². The van der Waals surface area contributed by atoms with Gasteiger partial charge < -0.3 is 9.47 Å². The monoisotopic (exact) mass is 501 g/mol. The molecule has 0 bridgehead atoms. The van der Waals surface area contributed by atoms with Crippen molar-refractivity contribution in [1.82, 2.24) is 19.7 Å². The highest BCUT2D eigenvalue weighted by Crippen LogP contribution is 2.35. The minimum atomic E-state index is -3.81. The van der Waals surface area contributed by atoms with Crippen molar-refractivity contribution in [3.63, 3.8) is 0 Å². The maximum Gasteiger partial charge on any atom is 0.261 e. The van der Waals surface area contributed by atoms with E-state index in [1.165, 1.54) is 0 Å². The van der Waals surface area contributed by atoms with Crippen LogP contribution in [0.4, 0.5) is 5.69 Å². The summed E-state index contributed by atoms with van der Waals surface area (Å²) in [5, 5.41) is 9.26. The maximum absolute atomic E-state index is 13.3. The molecule has 1 aromatic heterocycles.